The maximum Gasteiger partial charge on any atom is 0.231 e. The van der Waals surface area contributed by atoms with Crippen molar-refractivity contribution in [2.45, 2.75) is 6.92 Å². The summed E-state index contributed by atoms with van der Waals surface area (Å²) in [7, 11) is 0. The molecule has 3 rings (SSSR count). The van der Waals surface area contributed by atoms with Gasteiger partial charge in [-0.15, -0.1) is 0 Å². The van der Waals surface area contributed by atoms with Crippen LogP contribution in [0.3, 0.4) is 0 Å². The predicted octanol–water partition coefficient (Wildman–Crippen LogP) is 3.51. The number of carbonyl (C=O) groups is 1. The first-order valence-corrected chi connectivity index (χ1v) is 6.80. The molecule has 108 valence electrons. The second-order valence-electron chi connectivity index (χ2n) is 4.98. The van der Waals surface area contributed by atoms with E-state index in [4.69, 9.17) is 9.47 Å². The van der Waals surface area contributed by atoms with Crippen LogP contribution in [0, 0.1) is 18.3 Å². The molecule has 0 aliphatic carbocycles. The molecule has 0 amide bonds. The molecule has 4 heteroatoms. The lowest BCUT2D eigenvalue weighted by Gasteiger charge is -2.02. The number of rotatable bonds is 3. The minimum absolute atomic E-state index is 0.0859. The summed E-state index contributed by atoms with van der Waals surface area (Å²) in [5, 5.41) is 9.27. The van der Waals surface area contributed by atoms with Crippen LogP contribution in [0.5, 0.6) is 11.5 Å². The zero-order valence-corrected chi connectivity index (χ0v) is 12.0. The number of aryl methyl sites for hydroxylation is 1. The van der Waals surface area contributed by atoms with Crippen LogP contribution in [-0.4, -0.2) is 12.6 Å². The normalized spacial score (nSPS) is 12.8. The maximum atomic E-state index is 12.4. The molecule has 1 aliphatic heterocycles. The zero-order chi connectivity index (χ0) is 15.5. The van der Waals surface area contributed by atoms with Crippen LogP contribution >= 0.6 is 0 Å². The summed E-state index contributed by atoms with van der Waals surface area (Å²) in [6, 6.07) is 14.4. The van der Waals surface area contributed by atoms with Crippen molar-refractivity contribution >= 4 is 11.9 Å². The predicted molar refractivity (Wildman–Crippen MR) is 81.7 cm³/mol. The molecular weight excluding hydrogens is 278 g/mol. The molecule has 2 aromatic carbocycles. The van der Waals surface area contributed by atoms with Gasteiger partial charge in [0.1, 0.15) is 11.6 Å². The SMILES string of the molecule is Cc1ccc(C(=O)/C(C#N)=C/c2ccc3c(c2)OCO3)cc1. The molecular formula is C18H13NO3. The molecule has 0 atom stereocenters. The molecule has 0 bridgehead atoms. The van der Waals surface area contributed by atoms with Crippen molar-refractivity contribution in [3.05, 3.63) is 64.7 Å². The highest BCUT2D eigenvalue weighted by Crippen LogP contribution is 2.33. The van der Waals surface area contributed by atoms with E-state index in [1.807, 2.05) is 25.1 Å². The Hall–Kier alpha value is -3.06. The van der Waals surface area contributed by atoms with Gasteiger partial charge in [0.15, 0.2) is 11.5 Å². The topological polar surface area (TPSA) is 59.3 Å². The lowest BCUT2D eigenvalue weighted by atomic mass is 10.0. The van der Waals surface area contributed by atoms with E-state index in [1.54, 1.807) is 36.4 Å². The molecule has 0 unspecified atom stereocenters. The number of ketones is 1. The van der Waals surface area contributed by atoms with E-state index in [-0.39, 0.29) is 18.1 Å². The molecule has 22 heavy (non-hydrogen) atoms. The van der Waals surface area contributed by atoms with Crippen molar-refractivity contribution in [3.8, 4) is 17.6 Å². The van der Waals surface area contributed by atoms with Gasteiger partial charge in [-0.1, -0.05) is 35.9 Å². The smallest absolute Gasteiger partial charge is 0.231 e. The average Bonchev–Trinajstić information content (AvgIpc) is 3.00. The van der Waals surface area contributed by atoms with Crippen LogP contribution in [-0.2, 0) is 0 Å². The number of hydrogen-bond acceptors (Lipinski definition) is 4. The fraction of sp³-hybridized carbons (Fsp3) is 0.111. The van der Waals surface area contributed by atoms with Gasteiger partial charge in [0.05, 0.1) is 0 Å². The second-order valence-corrected chi connectivity index (χ2v) is 4.98. The largest absolute Gasteiger partial charge is 0.454 e. The average molecular weight is 291 g/mol. The minimum Gasteiger partial charge on any atom is -0.454 e. The summed E-state index contributed by atoms with van der Waals surface area (Å²) in [5.41, 5.74) is 2.37. The van der Waals surface area contributed by atoms with Crippen LogP contribution in [0.1, 0.15) is 21.5 Å². The van der Waals surface area contributed by atoms with Crippen LogP contribution in [0.2, 0.25) is 0 Å². The van der Waals surface area contributed by atoms with Gasteiger partial charge in [0, 0.05) is 5.56 Å². The Morgan fingerprint density at radius 1 is 1.14 bits per heavy atom. The Bertz CT molecular complexity index is 798. The summed E-state index contributed by atoms with van der Waals surface area (Å²) in [6.07, 6.45) is 1.56. The standard InChI is InChI=1S/C18H13NO3/c1-12-2-5-14(6-3-12)18(20)15(10-19)8-13-4-7-16-17(9-13)22-11-21-16/h2-9H,11H2,1H3/b15-8+. The molecule has 0 saturated heterocycles. The molecule has 0 saturated carbocycles. The van der Waals surface area contributed by atoms with Crippen LogP contribution < -0.4 is 9.47 Å². The van der Waals surface area contributed by atoms with Gasteiger partial charge in [-0.2, -0.15) is 5.26 Å². The molecule has 2 aromatic rings. The van der Waals surface area contributed by atoms with Crippen molar-refractivity contribution < 1.29 is 14.3 Å². The molecule has 1 heterocycles. The molecule has 0 fully saturated rings. The van der Waals surface area contributed by atoms with Gasteiger partial charge in [-0.05, 0) is 30.7 Å². The minimum atomic E-state index is -0.292. The highest BCUT2D eigenvalue weighted by atomic mass is 16.7. The fourth-order valence-electron chi connectivity index (χ4n) is 2.18. The highest BCUT2D eigenvalue weighted by Gasteiger charge is 2.15. The third-order valence-corrected chi connectivity index (χ3v) is 3.39. The van der Waals surface area contributed by atoms with Crippen molar-refractivity contribution in [3.63, 3.8) is 0 Å². The van der Waals surface area contributed by atoms with Gasteiger partial charge in [0.25, 0.3) is 0 Å². The number of carbonyl (C=O) groups excluding carboxylic acids is 1. The van der Waals surface area contributed by atoms with Crippen LogP contribution in [0.4, 0.5) is 0 Å². The number of nitrogens with zero attached hydrogens (tertiary/aromatic N) is 1. The van der Waals surface area contributed by atoms with Crippen molar-refractivity contribution in [1.82, 2.24) is 0 Å². The fourth-order valence-corrected chi connectivity index (χ4v) is 2.18. The van der Waals surface area contributed by atoms with Crippen LogP contribution in [0.15, 0.2) is 48.0 Å². The van der Waals surface area contributed by atoms with E-state index in [0.717, 1.165) is 11.1 Å². The molecule has 1 aliphatic rings. The lowest BCUT2D eigenvalue weighted by Crippen LogP contribution is -2.01. The lowest BCUT2D eigenvalue weighted by molar-refractivity contribution is 0.104. The summed E-state index contributed by atoms with van der Waals surface area (Å²) in [5.74, 6) is 0.995. The number of allylic oxidation sites excluding steroid dienone is 1. The van der Waals surface area contributed by atoms with Crippen molar-refractivity contribution in [2.75, 3.05) is 6.79 Å². The van der Waals surface area contributed by atoms with Crippen LogP contribution in [0.25, 0.3) is 6.08 Å². The Labute approximate surface area is 128 Å². The first-order chi connectivity index (χ1) is 10.7. The first kappa shape index (κ1) is 13.9. The summed E-state index contributed by atoms with van der Waals surface area (Å²) < 4.78 is 10.5. The monoisotopic (exact) mass is 291 g/mol. The van der Waals surface area contributed by atoms with Gasteiger partial charge < -0.3 is 9.47 Å². The molecule has 0 radical (unpaired) electrons. The van der Waals surface area contributed by atoms with Crippen molar-refractivity contribution in [1.29, 1.82) is 5.26 Å². The summed E-state index contributed by atoms with van der Waals surface area (Å²) in [6.45, 7) is 2.14. The van der Waals surface area contributed by atoms with E-state index in [1.165, 1.54) is 0 Å². The number of Topliss-reactive ketones (excluding diaryl/α,β-unsaturated/α-hetero) is 1. The number of nitriles is 1. The van der Waals surface area contributed by atoms with E-state index in [0.29, 0.717) is 17.1 Å². The Morgan fingerprint density at radius 3 is 2.59 bits per heavy atom. The van der Waals surface area contributed by atoms with E-state index >= 15 is 0 Å². The van der Waals surface area contributed by atoms with E-state index < -0.39 is 0 Å². The maximum absolute atomic E-state index is 12.4. The third-order valence-electron chi connectivity index (χ3n) is 3.39. The molecule has 4 nitrogen and oxygen atoms in total. The van der Waals surface area contributed by atoms with E-state index in [9.17, 15) is 10.1 Å². The molecule has 0 N–H and O–H groups in total. The Kier molecular flexibility index (Phi) is 3.63. The molecule has 0 aromatic heterocycles. The Morgan fingerprint density at radius 2 is 1.86 bits per heavy atom. The van der Waals surface area contributed by atoms with Gasteiger partial charge in [-0.25, -0.2) is 0 Å². The molecule has 0 spiro atoms. The Balaban J connectivity index is 1.92. The van der Waals surface area contributed by atoms with Gasteiger partial charge in [0.2, 0.25) is 12.6 Å². The van der Waals surface area contributed by atoms with E-state index in [2.05, 4.69) is 0 Å². The van der Waals surface area contributed by atoms with Gasteiger partial charge >= 0.3 is 0 Å². The highest BCUT2D eigenvalue weighted by molar-refractivity contribution is 6.14. The number of ether oxygens (including phenoxy) is 2. The van der Waals surface area contributed by atoms with Gasteiger partial charge in [-0.3, -0.25) is 4.79 Å². The quantitative estimate of drug-likeness (QED) is 0.493. The van der Waals surface area contributed by atoms with Crippen molar-refractivity contribution in [2.24, 2.45) is 0 Å². The first-order valence-electron chi connectivity index (χ1n) is 6.80. The number of fused-ring (bicyclic) bond motifs is 1. The third kappa shape index (κ3) is 2.70. The second kappa shape index (κ2) is 5.74. The number of benzene rings is 2. The number of hydrogen-bond donors (Lipinski definition) is 0. The summed E-state index contributed by atoms with van der Waals surface area (Å²) >= 11 is 0. The zero-order valence-electron chi connectivity index (χ0n) is 12.0. The summed E-state index contributed by atoms with van der Waals surface area (Å²) in [4.78, 5) is 12.4.